The summed E-state index contributed by atoms with van der Waals surface area (Å²) in [6.45, 7) is 0. The third-order valence-corrected chi connectivity index (χ3v) is 15.2. The van der Waals surface area contributed by atoms with Gasteiger partial charge in [0.05, 0.1) is 10.8 Å². The van der Waals surface area contributed by atoms with E-state index in [2.05, 4.69) is 176 Å². The number of rotatable bonds is 3. The fraction of sp³-hybridized carbons (Fsp3) is 0.0339. The Morgan fingerprint density at radius 2 is 0.746 bits per heavy atom. The number of nitrogens with zero attached hydrogens (tertiary/aromatic N) is 3. The van der Waals surface area contributed by atoms with Crippen LogP contribution in [0.25, 0.3) is 76.6 Å². The number of hydrogen-bond acceptors (Lipinski definition) is 4. The number of benzene rings is 9. The van der Waals surface area contributed by atoms with E-state index in [0.29, 0.717) is 17.5 Å². The predicted molar refractivity (Wildman–Crippen MR) is 257 cm³/mol. The minimum absolute atomic E-state index is 0.524. The third kappa shape index (κ3) is 4.50. The van der Waals surface area contributed by atoms with Gasteiger partial charge in [-0.1, -0.05) is 200 Å². The molecule has 0 atom stereocenters. The van der Waals surface area contributed by atoms with Gasteiger partial charge in [-0.15, -0.1) is 11.3 Å². The molecular formula is C59H35N3S. The minimum atomic E-state index is -0.677. The van der Waals surface area contributed by atoms with E-state index < -0.39 is 10.8 Å². The zero-order chi connectivity index (χ0) is 41.3. The van der Waals surface area contributed by atoms with E-state index in [4.69, 9.17) is 15.0 Å². The van der Waals surface area contributed by atoms with Gasteiger partial charge in [0.15, 0.2) is 17.5 Å². The maximum Gasteiger partial charge on any atom is 0.164 e. The molecule has 0 N–H and O–H groups in total. The molecule has 2 aromatic heterocycles. The Hall–Kier alpha value is -7.79. The average Bonchev–Trinajstić information content (AvgIpc) is 3.99. The summed E-state index contributed by atoms with van der Waals surface area (Å²) in [5.41, 5.74) is 17.3. The van der Waals surface area contributed by atoms with Crippen molar-refractivity contribution in [1.82, 2.24) is 15.0 Å². The highest BCUT2D eigenvalue weighted by molar-refractivity contribution is 7.26. The van der Waals surface area contributed by atoms with Gasteiger partial charge in [-0.25, -0.2) is 15.0 Å². The van der Waals surface area contributed by atoms with Gasteiger partial charge in [0.25, 0.3) is 0 Å². The van der Waals surface area contributed by atoms with Crippen molar-refractivity contribution in [3.8, 4) is 56.4 Å². The van der Waals surface area contributed by atoms with Crippen molar-refractivity contribution in [3.63, 3.8) is 0 Å². The van der Waals surface area contributed by atoms with Crippen LogP contribution in [0.1, 0.15) is 44.5 Å². The first-order valence-electron chi connectivity index (χ1n) is 21.6. The fourth-order valence-electron chi connectivity index (χ4n) is 11.6. The standard InChI is InChI=1S/C59H35N3S/c1-3-17-36(18-4-1)55-60-56(37-19-5-2-6-20-37)62-57(61-55)38-31-32-41-43-33-34-44-42-23-9-16-30-52(42)63-54(44)53(43)59(51(41)35-38)49-28-14-12-26-47(49)58(48-27-13-15-29-50(48)59)45-24-10-7-21-39(45)40-22-8-11-25-46(40)58/h1-35H. The van der Waals surface area contributed by atoms with Crippen LogP contribution in [0.4, 0.5) is 0 Å². The maximum atomic E-state index is 5.26. The summed E-state index contributed by atoms with van der Waals surface area (Å²) in [5, 5.41) is 2.60. The van der Waals surface area contributed by atoms with Gasteiger partial charge >= 0.3 is 0 Å². The molecule has 0 unspecified atom stereocenters. The molecule has 0 bridgehead atoms. The molecule has 14 rings (SSSR count). The summed E-state index contributed by atoms with van der Waals surface area (Å²) in [4.78, 5) is 15.6. The lowest BCUT2D eigenvalue weighted by Gasteiger charge is -2.49. The normalized spacial score (nSPS) is 14.3. The van der Waals surface area contributed by atoms with Gasteiger partial charge in [-0.2, -0.15) is 0 Å². The van der Waals surface area contributed by atoms with E-state index in [-0.39, 0.29) is 0 Å². The highest BCUT2D eigenvalue weighted by Crippen LogP contribution is 2.68. The highest BCUT2D eigenvalue weighted by Gasteiger charge is 2.59. The molecule has 0 amide bonds. The summed E-state index contributed by atoms with van der Waals surface area (Å²) in [6, 6.07) is 78.0. The molecule has 63 heavy (non-hydrogen) atoms. The van der Waals surface area contributed by atoms with E-state index in [9.17, 15) is 0 Å². The van der Waals surface area contributed by atoms with Gasteiger partial charge in [-0.3, -0.25) is 0 Å². The lowest BCUT2D eigenvalue weighted by Crippen LogP contribution is -2.43. The summed E-state index contributed by atoms with van der Waals surface area (Å²) in [5.74, 6) is 1.95. The zero-order valence-corrected chi connectivity index (χ0v) is 34.8. The second-order valence-electron chi connectivity index (χ2n) is 16.9. The number of thiophene rings is 1. The second kappa shape index (κ2) is 12.9. The lowest BCUT2D eigenvalue weighted by molar-refractivity contribution is 0.636. The Labute approximate surface area is 368 Å². The molecule has 3 aliphatic rings. The molecule has 3 aliphatic carbocycles. The molecular weight excluding hydrogens is 783 g/mol. The highest BCUT2D eigenvalue weighted by atomic mass is 32.1. The third-order valence-electron chi connectivity index (χ3n) is 14.0. The summed E-state index contributed by atoms with van der Waals surface area (Å²) in [6.07, 6.45) is 0. The van der Waals surface area contributed by atoms with Gasteiger partial charge in [0, 0.05) is 36.9 Å². The van der Waals surface area contributed by atoms with Crippen molar-refractivity contribution < 1.29 is 0 Å². The number of hydrogen-bond donors (Lipinski definition) is 0. The molecule has 4 heteroatoms. The topological polar surface area (TPSA) is 38.7 Å². The van der Waals surface area contributed by atoms with Crippen molar-refractivity contribution in [2.24, 2.45) is 0 Å². The van der Waals surface area contributed by atoms with E-state index in [1.165, 1.54) is 86.9 Å². The molecule has 0 saturated carbocycles. The van der Waals surface area contributed by atoms with Crippen LogP contribution in [0.15, 0.2) is 212 Å². The fourth-order valence-corrected chi connectivity index (χ4v) is 12.9. The largest absolute Gasteiger partial charge is 0.208 e. The quantitative estimate of drug-likeness (QED) is 0.178. The summed E-state index contributed by atoms with van der Waals surface area (Å²) in [7, 11) is 0. The SMILES string of the molecule is c1ccc(-c2nc(-c3ccccc3)nc(-c3ccc4c(c3)C3(c5ccccc5C5(c6ccccc6-c6ccccc65)c5ccccc53)c3c-4ccc4c3sc3ccccc34)n2)cc1. The molecule has 3 nitrogen and oxygen atoms in total. The van der Waals surface area contributed by atoms with Crippen LogP contribution in [-0.2, 0) is 10.8 Å². The Kier molecular flexibility index (Phi) is 7.12. The molecule has 0 aliphatic heterocycles. The smallest absolute Gasteiger partial charge is 0.164 e. The maximum absolute atomic E-state index is 5.26. The average molecular weight is 818 g/mol. The molecule has 11 aromatic rings. The van der Waals surface area contributed by atoms with E-state index in [1.807, 2.05) is 47.7 Å². The van der Waals surface area contributed by atoms with Crippen LogP contribution in [-0.4, -0.2) is 15.0 Å². The van der Waals surface area contributed by atoms with Gasteiger partial charge in [0.1, 0.15) is 0 Å². The van der Waals surface area contributed by atoms with Gasteiger partial charge in [-0.05, 0) is 78.9 Å². The first-order valence-corrected chi connectivity index (χ1v) is 22.4. The van der Waals surface area contributed by atoms with Gasteiger partial charge < -0.3 is 0 Å². The molecule has 292 valence electrons. The second-order valence-corrected chi connectivity index (χ2v) is 18.0. The van der Waals surface area contributed by atoms with Crippen LogP contribution >= 0.6 is 11.3 Å². The summed E-state index contributed by atoms with van der Waals surface area (Å²) < 4.78 is 2.63. The van der Waals surface area contributed by atoms with Crippen molar-refractivity contribution in [2.45, 2.75) is 10.8 Å². The van der Waals surface area contributed by atoms with Crippen molar-refractivity contribution in [2.75, 3.05) is 0 Å². The Morgan fingerprint density at radius 3 is 1.33 bits per heavy atom. The van der Waals surface area contributed by atoms with E-state index in [1.54, 1.807) is 0 Å². The van der Waals surface area contributed by atoms with E-state index >= 15 is 0 Å². The van der Waals surface area contributed by atoms with Crippen molar-refractivity contribution in [1.29, 1.82) is 0 Å². The Balaban J connectivity index is 1.12. The number of aromatic nitrogens is 3. The van der Waals surface area contributed by atoms with Crippen LogP contribution in [0.3, 0.4) is 0 Å². The monoisotopic (exact) mass is 817 g/mol. The van der Waals surface area contributed by atoms with Crippen LogP contribution in [0, 0.1) is 0 Å². The molecule has 0 radical (unpaired) electrons. The van der Waals surface area contributed by atoms with Crippen LogP contribution in [0.5, 0.6) is 0 Å². The molecule has 9 aromatic carbocycles. The van der Waals surface area contributed by atoms with Crippen LogP contribution in [0.2, 0.25) is 0 Å². The molecule has 2 spiro atoms. The summed E-state index contributed by atoms with van der Waals surface area (Å²) >= 11 is 1.92. The first kappa shape index (κ1) is 34.9. The van der Waals surface area contributed by atoms with Gasteiger partial charge in [0.2, 0.25) is 0 Å². The predicted octanol–water partition coefficient (Wildman–Crippen LogP) is 14.3. The van der Waals surface area contributed by atoms with Crippen molar-refractivity contribution in [3.05, 3.63) is 257 Å². The molecule has 0 saturated heterocycles. The van der Waals surface area contributed by atoms with Crippen LogP contribution < -0.4 is 0 Å². The molecule has 0 fully saturated rings. The Bertz CT molecular complexity index is 3550. The Morgan fingerprint density at radius 1 is 0.302 bits per heavy atom. The molecule has 2 heterocycles. The number of fused-ring (bicyclic) bond motifs is 20. The lowest BCUT2D eigenvalue weighted by atomic mass is 9.52. The van der Waals surface area contributed by atoms with E-state index in [0.717, 1.165) is 16.7 Å². The minimum Gasteiger partial charge on any atom is -0.208 e. The zero-order valence-electron chi connectivity index (χ0n) is 34.0. The van der Waals surface area contributed by atoms with Crippen molar-refractivity contribution >= 4 is 31.5 Å². The first-order chi connectivity index (χ1) is 31.2.